The fourth-order valence-electron chi connectivity index (χ4n) is 2.04. The van der Waals surface area contributed by atoms with Crippen molar-refractivity contribution in [2.24, 2.45) is 0 Å². The third kappa shape index (κ3) is 2.96. The van der Waals surface area contributed by atoms with Crippen LogP contribution in [0.3, 0.4) is 0 Å². The van der Waals surface area contributed by atoms with E-state index in [0.717, 1.165) is 11.1 Å². The average Bonchev–Trinajstić information content (AvgIpc) is 2.55. The summed E-state index contributed by atoms with van der Waals surface area (Å²) in [6.07, 6.45) is 0. The summed E-state index contributed by atoms with van der Waals surface area (Å²) in [6.45, 7) is 0. The van der Waals surface area contributed by atoms with Gasteiger partial charge in [0.25, 0.3) is 0 Å². The molecule has 0 fully saturated rings. The summed E-state index contributed by atoms with van der Waals surface area (Å²) >= 11 is 0. The third-order valence-corrected chi connectivity index (χ3v) is 3.12. The monoisotopic (exact) mass is 254 g/mol. The first kappa shape index (κ1) is 12.3. The van der Waals surface area contributed by atoms with E-state index in [2.05, 4.69) is 60.4 Å². The molecule has 3 rings (SSSR count). The van der Waals surface area contributed by atoms with Crippen molar-refractivity contribution in [3.05, 3.63) is 96.1 Å². The van der Waals surface area contributed by atoms with Crippen LogP contribution in [0, 0.1) is 11.8 Å². The number of hydrogen-bond donors (Lipinski definition) is 0. The van der Waals surface area contributed by atoms with E-state index >= 15 is 0 Å². The van der Waals surface area contributed by atoms with E-state index in [1.54, 1.807) is 0 Å². The third-order valence-electron chi connectivity index (χ3n) is 3.12. The molecular weight excluding hydrogens is 240 g/mol. The molecule has 0 saturated carbocycles. The highest BCUT2D eigenvalue weighted by molar-refractivity contribution is 5.64. The second-order valence-corrected chi connectivity index (χ2v) is 4.56. The van der Waals surface area contributed by atoms with Gasteiger partial charge in [0.2, 0.25) is 0 Å². The molecule has 3 aromatic rings. The van der Waals surface area contributed by atoms with E-state index in [1.165, 1.54) is 11.1 Å². The van der Waals surface area contributed by atoms with Gasteiger partial charge in [0, 0.05) is 11.1 Å². The van der Waals surface area contributed by atoms with Crippen molar-refractivity contribution in [2.45, 2.75) is 0 Å². The van der Waals surface area contributed by atoms with Gasteiger partial charge in [-0.2, -0.15) is 0 Å². The maximum Gasteiger partial charge on any atom is 0.0249 e. The molecule has 0 spiro atoms. The predicted octanol–water partition coefficient (Wildman–Crippen LogP) is 4.75. The molecule has 20 heavy (non-hydrogen) atoms. The van der Waals surface area contributed by atoms with Crippen molar-refractivity contribution in [3.63, 3.8) is 0 Å². The van der Waals surface area contributed by atoms with E-state index in [9.17, 15) is 0 Å². The Morgan fingerprint density at radius 2 is 0.850 bits per heavy atom. The molecule has 0 aromatic heterocycles. The van der Waals surface area contributed by atoms with Crippen molar-refractivity contribution < 1.29 is 0 Å². The fourth-order valence-corrected chi connectivity index (χ4v) is 2.04. The summed E-state index contributed by atoms with van der Waals surface area (Å²) in [5.41, 5.74) is 4.53. The molecule has 0 heteroatoms. The van der Waals surface area contributed by atoms with Crippen LogP contribution in [-0.2, 0) is 0 Å². The molecule has 0 bridgehead atoms. The minimum absolute atomic E-state index is 1.04. The van der Waals surface area contributed by atoms with Crippen LogP contribution >= 0.6 is 0 Å². The summed E-state index contributed by atoms with van der Waals surface area (Å²) in [7, 11) is 0. The lowest BCUT2D eigenvalue weighted by Crippen LogP contribution is -1.79. The molecule has 0 unspecified atom stereocenters. The summed E-state index contributed by atoms with van der Waals surface area (Å²) in [5, 5.41) is 0. The van der Waals surface area contributed by atoms with Gasteiger partial charge >= 0.3 is 0 Å². The minimum Gasteiger partial charge on any atom is -0.0622 e. The van der Waals surface area contributed by atoms with E-state index in [0.29, 0.717) is 0 Å². The quantitative estimate of drug-likeness (QED) is 0.549. The SMILES string of the molecule is C(#Cc1ccc(-c2ccccc2)cc1)c1ccccc1. The smallest absolute Gasteiger partial charge is 0.0249 e. The lowest BCUT2D eigenvalue weighted by atomic mass is 10.0. The Kier molecular flexibility index (Phi) is 3.62. The second kappa shape index (κ2) is 5.91. The van der Waals surface area contributed by atoms with Gasteiger partial charge in [0.15, 0.2) is 0 Å². The zero-order chi connectivity index (χ0) is 13.6. The van der Waals surface area contributed by atoms with Crippen LogP contribution in [0.25, 0.3) is 11.1 Å². The van der Waals surface area contributed by atoms with Crippen molar-refractivity contribution in [3.8, 4) is 23.0 Å². The van der Waals surface area contributed by atoms with Gasteiger partial charge < -0.3 is 0 Å². The molecule has 0 radical (unpaired) electrons. The standard InChI is InChI=1S/C20H14/c1-3-7-17(8-4-1)11-12-18-13-15-20(16-14-18)19-9-5-2-6-10-19/h1-10,13-16H. The number of benzene rings is 3. The van der Waals surface area contributed by atoms with E-state index in [1.807, 2.05) is 36.4 Å². The van der Waals surface area contributed by atoms with E-state index < -0.39 is 0 Å². The molecule has 0 aliphatic carbocycles. The Bertz CT molecular complexity index is 727. The molecular formula is C20H14. The van der Waals surface area contributed by atoms with Crippen LogP contribution in [0.5, 0.6) is 0 Å². The molecule has 3 aromatic carbocycles. The Morgan fingerprint density at radius 1 is 0.400 bits per heavy atom. The Labute approximate surface area is 119 Å². The first-order valence-corrected chi connectivity index (χ1v) is 6.64. The van der Waals surface area contributed by atoms with Gasteiger partial charge in [-0.05, 0) is 35.4 Å². The second-order valence-electron chi connectivity index (χ2n) is 4.56. The van der Waals surface area contributed by atoms with Crippen LogP contribution in [-0.4, -0.2) is 0 Å². The van der Waals surface area contributed by atoms with Gasteiger partial charge in [-0.25, -0.2) is 0 Å². The fraction of sp³-hybridized carbons (Fsp3) is 0. The minimum atomic E-state index is 1.04. The predicted molar refractivity (Wildman–Crippen MR) is 84.3 cm³/mol. The first-order chi connectivity index (χ1) is 9.92. The zero-order valence-corrected chi connectivity index (χ0v) is 11.1. The van der Waals surface area contributed by atoms with Gasteiger partial charge in [-0.1, -0.05) is 72.5 Å². The highest BCUT2D eigenvalue weighted by atomic mass is 14.0. The summed E-state index contributed by atoms with van der Waals surface area (Å²) < 4.78 is 0. The lowest BCUT2D eigenvalue weighted by Gasteiger charge is -2.00. The van der Waals surface area contributed by atoms with Crippen LogP contribution in [0.4, 0.5) is 0 Å². The van der Waals surface area contributed by atoms with Gasteiger partial charge in [-0.3, -0.25) is 0 Å². The van der Waals surface area contributed by atoms with Crippen LogP contribution < -0.4 is 0 Å². The molecule has 0 amide bonds. The van der Waals surface area contributed by atoms with E-state index in [-0.39, 0.29) is 0 Å². The van der Waals surface area contributed by atoms with E-state index in [4.69, 9.17) is 0 Å². The first-order valence-electron chi connectivity index (χ1n) is 6.64. The molecule has 0 saturated heterocycles. The molecule has 0 heterocycles. The van der Waals surface area contributed by atoms with Crippen molar-refractivity contribution >= 4 is 0 Å². The lowest BCUT2D eigenvalue weighted by molar-refractivity contribution is 1.59. The molecule has 0 aliphatic heterocycles. The number of hydrogen-bond acceptors (Lipinski definition) is 0. The summed E-state index contributed by atoms with van der Waals surface area (Å²) in [6, 6.07) is 28.8. The van der Waals surface area contributed by atoms with Crippen molar-refractivity contribution in [1.82, 2.24) is 0 Å². The molecule has 0 N–H and O–H groups in total. The maximum atomic E-state index is 3.19. The van der Waals surface area contributed by atoms with Crippen LogP contribution in [0.2, 0.25) is 0 Å². The molecule has 0 atom stereocenters. The Balaban J connectivity index is 1.83. The summed E-state index contributed by atoms with van der Waals surface area (Å²) in [4.78, 5) is 0. The van der Waals surface area contributed by atoms with Crippen LogP contribution in [0.1, 0.15) is 11.1 Å². The molecule has 94 valence electrons. The largest absolute Gasteiger partial charge is 0.0622 e. The topological polar surface area (TPSA) is 0 Å². The molecule has 0 aliphatic rings. The Morgan fingerprint density at radius 3 is 1.45 bits per heavy atom. The average molecular weight is 254 g/mol. The van der Waals surface area contributed by atoms with Crippen molar-refractivity contribution in [1.29, 1.82) is 0 Å². The van der Waals surface area contributed by atoms with Crippen LogP contribution in [0.15, 0.2) is 84.9 Å². The highest BCUT2D eigenvalue weighted by Gasteiger charge is 1.95. The Hall–Kier alpha value is -2.78. The highest BCUT2D eigenvalue weighted by Crippen LogP contribution is 2.18. The normalized spacial score (nSPS) is 9.60. The van der Waals surface area contributed by atoms with Crippen molar-refractivity contribution in [2.75, 3.05) is 0 Å². The van der Waals surface area contributed by atoms with Gasteiger partial charge in [-0.15, -0.1) is 0 Å². The van der Waals surface area contributed by atoms with Gasteiger partial charge in [0.1, 0.15) is 0 Å². The molecule has 0 nitrogen and oxygen atoms in total. The van der Waals surface area contributed by atoms with Gasteiger partial charge in [0.05, 0.1) is 0 Å². The maximum absolute atomic E-state index is 3.19. The number of rotatable bonds is 1. The zero-order valence-electron chi connectivity index (χ0n) is 11.1. The summed E-state index contributed by atoms with van der Waals surface area (Å²) in [5.74, 6) is 6.36.